The second-order valence-corrected chi connectivity index (χ2v) is 8.51. The van der Waals surface area contributed by atoms with Crippen molar-refractivity contribution in [3.8, 4) is 0 Å². The highest BCUT2D eigenvalue weighted by Crippen LogP contribution is 2.24. The van der Waals surface area contributed by atoms with Gasteiger partial charge in [0, 0.05) is 29.7 Å². The number of unbranched alkanes of at least 4 members (excludes halogenated alkanes) is 1. The molecule has 1 aliphatic heterocycles. The van der Waals surface area contributed by atoms with Crippen LogP contribution in [-0.4, -0.2) is 48.4 Å². The highest BCUT2D eigenvalue weighted by Gasteiger charge is 2.34. The number of aromatic amines is 1. The molecule has 1 atom stereocenters. The molecule has 2 aromatic rings. The molecule has 6 nitrogen and oxygen atoms in total. The number of aromatic nitrogens is 1. The van der Waals surface area contributed by atoms with Crippen LogP contribution in [0.25, 0.3) is 10.9 Å². The van der Waals surface area contributed by atoms with Gasteiger partial charge in [0.25, 0.3) is 0 Å². The molecule has 7 heteroatoms. The van der Waals surface area contributed by atoms with Gasteiger partial charge in [-0.25, -0.2) is 13.2 Å². The molecule has 1 saturated heterocycles. The second-order valence-electron chi connectivity index (χ2n) is 6.28. The zero-order chi connectivity index (χ0) is 17.2. The Hall–Kier alpha value is -2.02. The standard InChI is InChI=1S/C17H23N3O3S/c1-2-3-10-20(13-8-11-24(22,23)12-13)17(21)19-16-6-4-5-15-14(16)7-9-18-15/h4-7,9,13,18H,2-3,8,10-12H2,1H3,(H,19,21). The van der Waals surface area contributed by atoms with Crippen molar-refractivity contribution in [3.63, 3.8) is 0 Å². The molecule has 1 unspecified atom stereocenters. The Morgan fingerprint density at radius 1 is 1.38 bits per heavy atom. The summed E-state index contributed by atoms with van der Waals surface area (Å²) in [5, 5.41) is 3.90. The largest absolute Gasteiger partial charge is 0.361 e. The number of nitrogens with zero attached hydrogens (tertiary/aromatic N) is 1. The molecule has 3 rings (SSSR count). The van der Waals surface area contributed by atoms with Crippen LogP contribution in [0.3, 0.4) is 0 Å². The SMILES string of the molecule is CCCCN(C(=O)Nc1cccc2[nH]ccc12)C1CCS(=O)(=O)C1. The highest BCUT2D eigenvalue weighted by molar-refractivity contribution is 7.91. The number of hydrogen-bond donors (Lipinski definition) is 2. The molecule has 1 fully saturated rings. The van der Waals surface area contributed by atoms with E-state index in [-0.39, 0.29) is 23.6 Å². The van der Waals surface area contributed by atoms with Gasteiger partial charge in [-0.15, -0.1) is 0 Å². The maximum absolute atomic E-state index is 12.8. The summed E-state index contributed by atoms with van der Waals surface area (Å²) in [6, 6.07) is 7.15. The lowest BCUT2D eigenvalue weighted by Gasteiger charge is -2.28. The number of amides is 2. The maximum Gasteiger partial charge on any atom is 0.322 e. The van der Waals surface area contributed by atoms with Crippen molar-refractivity contribution < 1.29 is 13.2 Å². The fourth-order valence-electron chi connectivity index (χ4n) is 3.18. The summed E-state index contributed by atoms with van der Waals surface area (Å²) in [6.07, 6.45) is 4.17. The Morgan fingerprint density at radius 3 is 2.92 bits per heavy atom. The van der Waals surface area contributed by atoms with Crippen molar-refractivity contribution in [2.45, 2.75) is 32.2 Å². The van der Waals surface area contributed by atoms with Gasteiger partial charge < -0.3 is 15.2 Å². The van der Waals surface area contributed by atoms with Crippen LogP contribution in [0.2, 0.25) is 0 Å². The topological polar surface area (TPSA) is 82.3 Å². The number of rotatable bonds is 5. The van der Waals surface area contributed by atoms with Crippen LogP contribution in [0.15, 0.2) is 30.5 Å². The van der Waals surface area contributed by atoms with Crippen molar-refractivity contribution in [3.05, 3.63) is 30.5 Å². The molecule has 2 amide bonds. The zero-order valence-corrected chi connectivity index (χ0v) is 14.6. The van der Waals surface area contributed by atoms with E-state index in [9.17, 15) is 13.2 Å². The first-order valence-corrected chi connectivity index (χ1v) is 10.2. The quantitative estimate of drug-likeness (QED) is 0.870. The Kier molecular flexibility index (Phi) is 4.80. The van der Waals surface area contributed by atoms with Gasteiger partial charge in [-0.2, -0.15) is 0 Å². The highest BCUT2D eigenvalue weighted by atomic mass is 32.2. The van der Waals surface area contributed by atoms with Gasteiger partial charge >= 0.3 is 6.03 Å². The molecule has 1 aromatic carbocycles. The van der Waals surface area contributed by atoms with E-state index in [1.54, 1.807) is 4.90 Å². The van der Waals surface area contributed by atoms with E-state index in [1.807, 2.05) is 30.5 Å². The minimum atomic E-state index is -3.02. The molecule has 0 aliphatic carbocycles. The Bertz CT molecular complexity index is 828. The Balaban J connectivity index is 1.79. The van der Waals surface area contributed by atoms with Crippen LogP contribution in [0.4, 0.5) is 10.5 Å². The van der Waals surface area contributed by atoms with E-state index in [4.69, 9.17) is 0 Å². The van der Waals surface area contributed by atoms with Crippen LogP contribution >= 0.6 is 0 Å². The molecule has 0 saturated carbocycles. The third-order valence-electron chi connectivity index (χ3n) is 4.50. The smallest absolute Gasteiger partial charge is 0.322 e. The van der Waals surface area contributed by atoms with Gasteiger partial charge in [0.2, 0.25) is 0 Å². The number of anilines is 1. The number of sulfone groups is 1. The summed E-state index contributed by atoms with van der Waals surface area (Å²) >= 11 is 0. The van der Waals surface area contributed by atoms with Gasteiger partial charge in [-0.1, -0.05) is 19.4 Å². The molecule has 1 aliphatic rings. The second kappa shape index (κ2) is 6.84. The van der Waals surface area contributed by atoms with Crippen LogP contribution < -0.4 is 5.32 Å². The third kappa shape index (κ3) is 3.56. The Labute approximate surface area is 142 Å². The minimum Gasteiger partial charge on any atom is -0.361 e. The summed E-state index contributed by atoms with van der Waals surface area (Å²) in [7, 11) is -3.02. The van der Waals surface area contributed by atoms with E-state index < -0.39 is 9.84 Å². The van der Waals surface area contributed by atoms with Crippen LogP contribution in [0, 0.1) is 0 Å². The lowest BCUT2D eigenvalue weighted by molar-refractivity contribution is 0.192. The maximum atomic E-state index is 12.8. The number of carbonyl (C=O) groups is 1. The van der Waals surface area contributed by atoms with E-state index in [0.717, 1.165) is 29.4 Å². The molecular weight excluding hydrogens is 326 g/mol. The van der Waals surface area contributed by atoms with Gasteiger partial charge in [0.1, 0.15) is 0 Å². The first-order chi connectivity index (χ1) is 11.5. The van der Waals surface area contributed by atoms with Gasteiger partial charge in [0.05, 0.1) is 17.2 Å². The van der Waals surface area contributed by atoms with Crippen molar-refractivity contribution >= 4 is 32.5 Å². The number of hydrogen-bond acceptors (Lipinski definition) is 3. The Morgan fingerprint density at radius 2 is 2.21 bits per heavy atom. The average molecular weight is 349 g/mol. The zero-order valence-electron chi connectivity index (χ0n) is 13.8. The van der Waals surface area contributed by atoms with Gasteiger partial charge in [-0.3, -0.25) is 0 Å². The van der Waals surface area contributed by atoms with Crippen molar-refractivity contribution in [1.82, 2.24) is 9.88 Å². The monoisotopic (exact) mass is 349 g/mol. The fourth-order valence-corrected chi connectivity index (χ4v) is 4.91. The summed E-state index contributed by atoms with van der Waals surface area (Å²) in [6.45, 7) is 2.63. The van der Waals surface area contributed by atoms with Crippen molar-refractivity contribution in [1.29, 1.82) is 0 Å². The summed E-state index contributed by atoms with van der Waals surface area (Å²) in [5.41, 5.74) is 1.69. The third-order valence-corrected chi connectivity index (χ3v) is 6.25. The normalized spacial score (nSPS) is 19.5. The summed E-state index contributed by atoms with van der Waals surface area (Å²) in [4.78, 5) is 17.6. The molecule has 0 spiro atoms. The van der Waals surface area contributed by atoms with Crippen molar-refractivity contribution in [2.75, 3.05) is 23.4 Å². The number of benzene rings is 1. The first-order valence-electron chi connectivity index (χ1n) is 8.34. The van der Waals surface area contributed by atoms with Crippen LogP contribution in [-0.2, 0) is 9.84 Å². The molecule has 1 aromatic heterocycles. The molecule has 2 N–H and O–H groups in total. The van der Waals surface area contributed by atoms with Gasteiger partial charge in [0.15, 0.2) is 9.84 Å². The van der Waals surface area contributed by atoms with E-state index in [0.29, 0.717) is 13.0 Å². The van der Waals surface area contributed by atoms with Crippen LogP contribution in [0.5, 0.6) is 0 Å². The number of carbonyl (C=O) groups excluding carboxylic acids is 1. The predicted octanol–water partition coefficient (Wildman–Crippen LogP) is 2.99. The molecule has 0 bridgehead atoms. The number of fused-ring (bicyclic) bond motifs is 1. The van der Waals surface area contributed by atoms with Crippen LogP contribution in [0.1, 0.15) is 26.2 Å². The number of urea groups is 1. The number of nitrogens with one attached hydrogen (secondary N) is 2. The molecule has 24 heavy (non-hydrogen) atoms. The lowest BCUT2D eigenvalue weighted by Crippen LogP contribution is -2.44. The van der Waals surface area contributed by atoms with E-state index in [2.05, 4.69) is 17.2 Å². The average Bonchev–Trinajstić information content (AvgIpc) is 3.15. The summed E-state index contributed by atoms with van der Waals surface area (Å²) < 4.78 is 23.6. The fraction of sp³-hybridized carbons (Fsp3) is 0.471. The van der Waals surface area contributed by atoms with Gasteiger partial charge in [-0.05, 0) is 31.0 Å². The number of H-pyrrole nitrogens is 1. The molecule has 2 heterocycles. The van der Waals surface area contributed by atoms with E-state index in [1.165, 1.54) is 0 Å². The minimum absolute atomic E-state index is 0.0679. The molecule has 0 radical (unpaired) electrons. The predicted molar refractivity (Wildman–Crippen MR) is 96.0 cm³/mol. The summed E-state index contributed by atoms with van der Waals surface area (Å²) in [5.74, 6) is 0.236. The molecular formula is C17H23N3O3S. The lowest BCUT2D eigenvalue weighted by atomic mass is 10.2. The van der Waals surface area contributed by atoms with E-state index >= 15 is 0 Å². The first kappa shape index (κ1) is 16.8. The van der Waals surface area contributed by atoms with Crippen molar-refractivity contribution in [2.24, 2.45) is 0 Å². The molecule has 130 valence electrons.